The Kier molecular flexibility index (Phi) is 5.63. The second-order valence-electron chi connectivity index (χ2n) is 7.87. The van der Waals surface area contributed by atoms with Crippen molar-refractivity contribution >= 4 is 28.1 Å². The molecular formula is C23H26FN5O. The van der Waals surface area contributed by atoms with Gasteiger partial charge in [0.15, 0.2) is 5.78 Å². The van der Waals surface area contributed by atoms with Gasteiger partial charge in [-0.1, -0.05) is 6.92 Å². The van der Waals surface area contributed by atoms with E-state index in [2.05, 4.69) is 14.9 Å². The van der Waals surface area contributed by atoms with Crippen LogP contribution in [-0.4, -0.2) is 34.9 Å². The molecule has 1 atom stereocenters. The third-order valence-corrected chi connectivity index (χ3v) is 5.68. The molecule has 0 bridgehead atoms. The standard InChI is InChI=1S/C23H26FN5O/c1-2-14-10-20-15(8-18(14)24)9-19(26)23(28-20)22(30)11-16-12-27-6-5-21(16)29-7-3-4-17(25)13-29/h5-6,8-10,12,17H,2-4,7,11,13,25-26H2,1H3/t17-/m0/s1. The summed E-state index contributed by atoms with van der Waals surface area (Å²) >= 11 is 0. The Hall–Kier alpha value is -3.06. The van der Waals surface area contributed by atoms with E-state index in [1.165, 1.54) is 6.07 Å². The lowest BCUT2D eigenvalue weighted by molar-refractivity contribution is 0.0989. The maximum Gasteiger partial charge on any atom is 0.187 e. The summed E-state index contributed by atoms with van der Waals surface area (Å²) in [5.41, 5.74) is 15.6. The Balaban J connectivity index is 1.65. The number of hydrogen-bond donors (Lipinski definition) is 2. The molecule has 1 aliphatic heterocycles. The van der Waals surface area contributed by atoms with Gasteiger partial charge in [0.1, 0.15) is 11.5 Å². The van der Waals surface area contributed by atoms with Gasteiger partial charge in [-0.25, -0.2) is 9.37 Å². The van der Waals surface area contributed by atoms with Crippen molar-refractivity contribution in [2.45, 2.75) is 38.6 Å². The third-order valence-electron chi connectivity index (χ3n) is 5.68. The fourth-order valence-corrected chi connectivity index (χ4v) is 4.10. The fraction of sp³-hybridized carbons (Fsp3) is 0.348. The summed E-state index contributed by atoms with van der Waals surface area (Å²) in [7, 11) is 0. The zero-order chi connectivity index (χ0) is 21.3. The number of pyridine rings is 2. The van der Waals surface area contributed by atoms with Crippen LogP contribution in [0.4, 0.5) is 15.8 Å². The molecule has 0 saturated carbocycles. The van der Waals surface area contributed by atoms with Gasteiger partial charge in [0.2, 0.25) is 0 Å². The van der Waals surface area contributed by atoms with Crippen LogP contribution in [0.5, 0.6) is 0 Å². The lowest BCUT2D eigenvalue weighted by Crippen LogP contribution is -2.43. The molecule has 0 radical (unpaired) electrons. The minimum Gasteiger partial charge on any atom is -0.397 e. The lowest BCUT2D eigenvalue weighted by atomic mass is 10.0. The van der Waals surface area contributed by atoms with Gasteiger partial charge in [0.05, 0.1) is 11.2 Å². The van der Waals surface area contributed by atoms with Gasteiger partial charge in [-0.15, -0.1) is 0 Å². The van der Waals surface area contributed by atoms with E-state index in [1.807, 2.05) is 13.0 Å². The monoisotopic (exact) mass is 407 g/mol. The Bertz CT molecular complexity index is 1100. The summed E-state index contributed by atoms with van der Waals surface area (Å²) in [4.78, 5) is 24.0. The number of nitrogen functional groups attached to an aromatic ring is 1. The number of fused-ring (bicyclic) bond motifs is 1. The number of carbonyl (C=O) groups excluding carboxylic acids is 1. The number of Topliss-reactive ketones (excluding diaryl/α,β-unsaturated/α-hetero) is 1. The van der Waals surface area contributed by atoms with Crippen LogP contribution in [0.25, 0.3) is 10.9 Å². The molecule has 0 spiro atoms. The van der Waals surface area contributed by atoms with Gasteiger partial charge < -0.3 is 16.4 Å². The van der Waals surface area contributed by atoms with Gasteiger partial charge >= 0.3 is 0 Å². The molecule has 1 saturated heterocycles. The zero-order valence-electron chi connectivity index (χ0n) is 17.1. The lowest BCUT2D eigenvalue weighted by Gasteiger charge is -2.33. The highest BCUT2D eigenvalue weighted by Crippen LogP contribution is 2.27. The summed E-state index contributed by atoms with van der Waals surface area (Å²) in [5, 5.41) is 0.586. The summed E-state index contributed by atoms with van der Waals surface area (Å²) in [6.45, 7) is 3.54. The molecule has 4 rings (SSSR count). The van der Waals surface area contributed by atoms with E-state index >= 15 is 0 Å². The van der Waals surface area contributed by atoms with Crippen LogP contribution in [0, 0.1) is 5.82 Å². The van der Waals surface area contributed by atoms with Crippen LogP contribution in [0.3, 0.4) is 0 Å². The highest BCUT2D eigenvalue weighted by atomic mass is 19.1. The Labute approximate surface area is 175 Å². The summed E-state index contributed by atoms with van der Waals surface area (Å²) in [5.74, 6) is -0.475. The zero-order valence-corrected chi connectivity index (χ0v) is 17.1. The largest absolute Gasteiger partial charge is 0.397 e. The van der Waals surface area contributed by atoms with Crippen LogP contribution >= 0.6 is 0 Å². The summed E-state index contributed by atoms with van der Waals surface area (Å²) < 4.78 is 14.1. The minimum absolute atomic E-state index is 0.126. The highest BCUT2D eigenvalue weighted by Gasteiger charge is 2.22. The second-order valence-corrected chi connectivity index (χ2v) is 7.87. The topological polar surface area (TPSA) is 98.1 Å². The molecule has 6 nitrogen and oxygen atoms in total. The van der Waals surface area contributed by atoms with Crippen molar-refractivity contribution in [3.05, 3.63) is 59.3 Å². The molecule has 30 heavy (non-hydrogen) atoms. The molecule has 2 aromatic heterocycles. The van der Waals surface area contributed by atoms with Crippen molar-refractivity contribution in [1.29, 1.82) is 0 Å². The number of aromatic nitrogens is 2. The molecule has 1 aliphatic rings. The molecule has 4 N–H and O–H groups in total. The van der Waals surface area contributed by atoms with Crippen LogP contribution < -0.4 is 16.4 Å². The first-order valence-corrected chi connectivity index (χ1v) is 10.3. The third kappa shape index (κ3) is 3.98. The predicted molar refractivity (Wildman–Crippen MR) is 117 cm³/mol. The van der Waals surface area contributed by atoms with Gasteiger partial charge in [-0.3, -0.25) is 9.78 Å². The van der Waals surface area contributed by atoms with E-state index in [0.717, 1.165) is 37.2 Å². The van der Waals surface area contributed by atoms with Gasteiger partial charge in [0.25, 0.3) is 0 Å². The Morgan fingerprint density at radius 2 is 2.13 bits per heavy atom. The number of nitrogens with two attached hydrogens (primary N) is 2. The van der Waals surface area contributed by atoms with E-state index in [4.69, 9.17) is 11.5 Å². The quantitative estimate of drug-likeness (QED) is 0.630. The maximum atomic E-state index is 14.1. The normalized spacial score (nSPS) is 16.8. The number of ketones is 1. The van der Waals surface area contributed by atoms with E-state index in [1.54, 1.807) is 24.5 Å². The smallest absolute Gasteiger partial charge is 0.187 e. The van der Waals surface area contributed by atoms with Gasteiger partial charge in [-0.05, 0) is 49.1 Å². The molecule has 0 unspecified atom stereocenters. The van der Waals surface area contributed by atoms with Gasteiger partial charge in [-0.2, -0.15) is 0 Å². The number of anilines is 2. The SMILES string of the molecule is CCc1cc2nc(C(=O)Cc3cnccc3N3CCC[C@H](N)C3)c(N)cc2cc1F. The molecule has 1 aromatic carbocycles. The molecule has 3 heterocycles. The first kappa shape index (κ1) is 20.2. The number of benzene rings is 1. The van der Waals surface area contributed by atoms with Crippen molar-refractivity contribution in [1.82, 2.24) is 9.97 Å². The summed E-state index contributed by atoms with van der Waals surface area (Å²) in [6.07, 6.45) is 6.16. The van der Waals surface area contributed by atoms with E-state index < -0.39 is 0 Å². The van der Waals surface area contributed by atoms with Crippen LogP contribution in [0.15, 0.2) is 36.7 Å². The molecule has 3 aromatic rings. The van der Waals surface area contributed by atoms with Crippen LogP contribution in [-0.2, 0) is 12.8 Å². The number of aryl methyl sites for hydroxylation is 1. The van der Waals surface area contributed by atoms with Crippen molar-refractivity contribution in [2.24, 2.45) is 5.73 Å². The van der Waals surface area contributed by atoms with E-state index in [9.17, 15) is 9.18 Å². The fourth-order valence-electron chi connectivity index (χ4n) is 4.10. The van der Waals surface area contributed by atoms with Crippen LogP contribution in [0.2, 0.25) is 0 Å². The molecule has 1 fully saturated rings. The number of piperidine rings is 1. The van der Waals surface area contributed by atoms with Crippen molar-refractivity contribution in [3.8, 4) is 0 Å². The van der Waals surface area contributed by atoms with E-state index in [0.29, 0.717) is 22.9 Å². The highest BCUT2D eigenvalue weighted by molar-refractivity contribution is 6.03. The molecule has 156 valence electrons. The Morgan fingerprint density at radius 1 is 1.30 bits per heavy atom. The average molecular weight is 407 g/mol. The Morgan fingerprint density at radius 3 is 2.90 bits per heavy atom. The molecular weight excluding hydrogens is 381 g/mol. The second kappa shape index (κ2) is 8.36. The average Bonchev–Trinajstić information content (AvgIpc) is 2.73. The van der Waals surface area contributed by atoms with Gasteiger partial charge in [0, 0.05) is 54.6 Å². The summed E-state index contributed by atoms with van der Waals surface area (Å²) in [6, 6.07) is 6.78. The van der Waals surface area contributed by atoms with Crippen LogP contribution in [0.1, 0.15) is 41.4 Å². The number of carbonyl (C=O) groups is 1. The first-order chi connectivity index (χ1) is 14.5. The van der Waals surface area contributed by atoms with Crippen molar-refractivity contribution in [3.63, 3.8) is 0 Å². The number of nitrogens with zero attached hydrogens (tertiary/aromatic N) is 3. The number of rotatable bonds is 5. The molecule has 0 aliphatic carbocycles. The molecule has 7 heteroatoms. The van der Waals surface area contributed by atoms with Crippen molar-refractivity contribution < 1.29 is 9.18 Å². The predicted octanol–water partition coefficient (Wildman–Crippen LogP) is 3.27. The van der Waals surface area contributed by atoms with E-state index in [-0.39, 0.29) is 35.4 Å². The number of halogens is 1. The maximum absolute atomic E-state index is 14.1. The first-order valence-electron chi connectivity index (χ1n) is 10.3. The molecule has 0 amide bonds. The minimum atomic E-state index is -0.287. The number of hydrogen-bond acceptors (Lipinski definition) is 6. The van der Waals surface area contributed by atoms with Crippen molar-refractivity contribution in [2.75, 3.05) is 23.7 Å².